The van der Waals surface area contributed by atoms with E-state index in [1.54, 1.807) is 0 Å². The Kier molecular flexibility index (Phi) is 6.99. The SMILES string of the molecule is COc1cc(O)c(CNc2nc(NCC(C)N)nc3c2N(C(C)C)NN3C(C)C)cc1O. The molecule has 11 nitrogen and oxygen atoms in total. The van der Waals surface area contributed by atoms with Gasteiger partial charge in [0.15, 0.2) is 23.1 Å². The van der Waals surface area contributed by atoms with E-state index in [4.69, 9.17) is 15.5 Å². The highest BCUT2D eigenvalue weighted by Crippen LogP contribution is 2.41. The molecule has 0 saturated heterocycles. The summed E-state index contributed by atoms with van der Waals surface area (Å²) >= 11 is 0. The number of benzene rings is 1. The van der Waals surface area contributed by atoms with Crippen molar-refractivity contribution in [3.63, 3.8) is 0 Å². The smallest absolute Gasteiger partial charge is 0.226 e. The van der Waals surface area contributed by atoms with Gasteiger partial charge in [-0.05, 0) is 40.7 Å². The van der Waals surface area contributed by atoms with Crippen LogP contribution in [0.2, 0.25) is 0 Å². The summed E-state index contributed by atoms with van der Waals surface area (Å²) in [6.45, 7) is 10.9. The molecule has 1 unspecified atom stereocenters. The first-order chi connectivity index (χ1) is 15.1. The second-order valence-corrected chi connectivity index (χ2v) is 8.46. The predicted molar refractivity (Wildman–Crippen MR) is 126 cm³/mol. The minimum atomic E-state index is -0.0611. The van der Waals surface area contributed by atoms with Gasteiger partial charge in [0.1, 0.15) is 11.4 Å². The summed E-state index contributed by atoms with van der Waals surface area (Å²) in [5.74, 6) is 1.94. The van der Waals surface area contributed by atoms with Crippen molar-refractivity contribution >= 4 is 23.3 Å². The third-order valence-corrected chi connectivity index (χ3v) is 4.99. The molecule has 1 aliphatic rings. The Morgan fingerprint density at radius 3 is 2.31 bits per heavy atom. The van der Waals surface area contributed by atoms with E-state index in [0.717, 1.165) is 11.5 Å². The molecule has 3 rings (SSSR count). The number of aromatic hydroxyl groups is 2. The number of hydrogen-bond donors (Lipinski definition) is 6. The number of nitrogens with zero attached hydrogens (tertiary/aromatic N) is 4. The third-order valence-electron chi connectivity index (χ3n) is 4.99. The molecule has 2 heterocycles. The molecule has 1 aliphatic heterocycles. The van der Waals surface area contributed by atoms with Crippen molar-refractivity contribution in [1.82, 2.24) is 15.5 Å². The van der Waals surface area contributed by atoms with Gasteiger partial charge in [-0.15, -0.1) is 5.53 Å². The van der Waals surface area contributed by atoms with Crippen LogP contribution in [0, 0.1) is 0 Å². The van der Waals surface area contributed by atoms with Gasteiger partial charge in [-0.2, -0.15) is 9.97 Å². The van der Waals surface area contributed by atoms with Gasteiger partial charge in [-0.3, -0.25) is 10.0 Å². The van der Waals surface area contributed by atoms with E-state index < -0.39 is 0 Å². The third kappa shape index (κ3) is 4.83. The second kappa shape index (κ2) is 9.53. The molecule has 0 aliphatic carbocycles. The molecule has 0 saturated carbocycles. The summed E-state index contributed by atoms with van der Waals surface area (Å²) in [7, 11) is 1.43. The van der Waals surface area contributed by atoms with Crippen LogP contribution in [0.4, 0.5) is 23.3 Å². The number of ether oxygens (including phenoxy) is 1. The molecule has 0 fully saturated rings. The zero-order valence-corrected chi connectivity index (χ0v) is 19.5. The molecule has 0 bridgehead atoms. The number of fused-ring (bicyclic) bond motifs is 1. The second-order valence-electron chi connectivity index (χ2n) is 8.46. The Balaban J connectivity index is 2.00. The molecular formula is C21H34N8O3. The minimum absolute atomic E-state index is 0.0100. The predicted octanol–water partition coefficient (Wildman–Crippen LogP) is 2.13. The maximum atomic E-state index is 10.4. The Bertz CT molecular complexity index is 951. The van der Waals surface area contributed by atoms with E-state index in [0.29, 0.717) is 23.9 Å². The molecule has 2 aromatic rings. The van der Waals surface area contributed by atoms with Gasteiger partial charge in [0.2, 0.25) is 5.95 Å². The average Bonchev–Trinajstić information content (AvgIpc) is 3.12. The standard InChI is InChI=1S/C21H34N8O3/c1-11(2)28-18-19(23-10-14-7-16(31)17(32-6)8-15(14)30)25-21(24-9-13(5)22)26-20(18)29(27-28)12(3)4/h7-8,11-13,27,30-31H,9-10,22H2,1-6H3,(H2,23,24,25,26). The maximum Gasteiger partial charge on any atom is 0.226 e. The number of nitrogens with two attached hydrogens (primary N) is 1. The van der Waals surface area contributed by atoms with Crippen LogP contribution in [0.25, 0.3) is 0 Å². The van der Waals surface area contributed by atoms with Gasteiger partial charge in [0.05, 0.1) is 7.11 Å². The van der Waals surface area contributed by atoms with Crippen LogP contribution in [0.15, 0.2) is 12.1 Å². The van der Waals surface area contributed by atoms with Crippen molar-refractivity contribution in [3.8, 4) is 17.2 Å². The first-order valence-corrected chi connectivity index (χ1v) is 10.7. The van der Waals surface area contributed by atoms with Crippen LogP contribution in [0.3, 0.4) is 0 Å². The molecule has 1 atom stereocenters. The van der Waals surface area contributed by atoms with E-state index in [-0.39, 0.29) is 41.9 Å². The lowest BCUT2D eigenvalue weighted by Crippen LogP contribution is -2.50. The number of phenols is 2. The number of methoxy groups -OCH3 is 1. The Morgan fingerprint density at radius 1 is 1.03 bits per heavy atom. The van der Waals surface area contributed by atoms with Gasteiger partial charge in [0, 0.05) is 42.8 Å². The van der Waals surface area contributed by atoms with Gasteiger partial charge in [-0.1, -0.05) is 0 Å². The highest BCUT2D eigenvalue weighted by atomic mass is 16.5. The van der Waals surface area contributed by atoms with Crippen LogP contribution >= 0.6 is 0 Å². The Hall–Kier alpha value is -3.18. The van der Waals surface area contributed by atoms with E-state index >= 15 is 0 Å². The van der Waals surface area contributed by atoms with Crippen LogP contribution in [0.1, 0.15) is 40.2 Å². The van der Waals surface area contributed by atoms with Crippen LogP contribution in [-0.2, 0) is 6.54 Å². The van der Waals surface area contributed by atoms with Crippen molar-refractivity contribution in [2.75, 3.05) is 34.3 Å². The molecule has 176 valence electrons. The number of phenolic OH excluding ortho intramolecular Hbond substituents is 2. The topological polar surface area (TPSA) is 144 Å². The number of hydrazine groups is 2. The molecule has 32 heavy (non-hydrogen) atoms. The van der Waals surface area contributed by atoms with Crippen molar-refractivity contribution in [2.24, 2.45) is 5.73 Å². The molecule has 1 aromatic heterocycles. The number of anilines is 4. The molecule has 0 spiro atoms. The fourth-order valence-electron chi connectivity index (χ4n) is 3.32. The van der Waals surface area contributed by atoms with Gasteiger partial charge in [0.25, 0.3) is 0 Å². The fraction of sp³-hybridized carbons (Fsp3) is 0.524. The highest BCUT2D eigenvalue weighted by molar-refractivity contribution is 5.83. The summed E-state index contributed by atoms with van der Waals surface area (Å²) < 4.78 is 5.05. The van der Waals surface area contributed by atoms with E-state index in [2.05, 4.69) is 48.8 Å². The summed E-state index contributed by atoms with van der Waals surface area (Å²) in [4.78, 5) is 9.41. The molecule has 11 heteroatoms. The molecule has 0 radical (unpaired) electrons. The quantitative estimate of drug-likeness (QED) is 0.315. The Labute approximate surface area is 188 Å². The zero-order valence-electron chi connectivity index (χ0n) is 19.5. The van der Waals surface area contributed by atoms with Crippen LogP contribution in [0.5, 0.6) is 17.2 Å². The molecule has 0 amide bonds. The fourth-order valence-corrected chi connectivity index (χ4v) is 3.32. The van der Waals surface area contributed by atoms with Crippen molar-refractivity contribution < 1.29 is 14.9 Å². The highest BCUT2D eigenvalue weighted by Gasteiger charge is 2.34. The normalized spacial score (nSPS) is 14.2. The van der Waals surface area contributed by atoms with E-state index in [1.165, 1.54) is 19.2 Å². The first-order valence-electron chi connectivity index (χ1n) is 10.7. The molecular weight excluding hydrogens is 412 g/mol. The lowest BCUT2D eigenvalue weighted by molar-refractivity contribution is 0.367. The van der Waals surface area contributed by atoms with E-state index in [1.807, 2.05) is 16.9 Å². The lowest BCUT2D eigenvalue weighted by Gasteiger charge is -2.27. The summed E-state index contributed by atoms with van der Waals surface area (Å²) in [6, 6.07) is 3.06. The first kappa shape index (κ1) is 23.5. The Morgan fingerprint density at radius 2 is 1.72 bits per heavy atom. The molecule has 1 aromatic carbocycles. The van der Waals surface area contributed by atoms with Gasteiger partial charge >= 0.3 is 0 Å². The largest absolute Gasteiger partial charge is 0.507 e. The number of aromatic nitrogens is 2. The van der Waals surface area contributed by atoms with Crippen molar-refractivity contribution in [1.29, 1.82) is 0 Å². The zero-order chi connectivity index (χ0) is 23.6. The number of rotatable bonds is 9. The van der Waals surface area contributed by atoms with Crippen LogP contribution < -0.4 is 36.7 Å². The maximum absolute atomic E-state index is 10.4. The number of nitrogens with one attached hydrogen (secondary N) is 3. The summed E-state index contributed by atoms with van der Waals surface area (Å²) in [6.07, 6.45) is 0. The molecule has 7 N–H and O–H groups in total. The summed E-state index contributed by atoms with van der Waals surface area (Å²) in [5.41, 5.74) is 10.6. The van der Waals surface area contributed by atoms with Gasteiger partial charge in [-0.25, -0.2) is 0 Å². The van der Waals surface area contributed by atoms with Crippen molar-refractivity contribution in [3.05, 3.63) is 17.7 Å². The average molecular weight is 447 g/mol. The summed E-state index contributed by atoms with van der Waals surface area (Å²) in [5, 5.41) is 30.9. The van der Waals surface area contributed by atoms with Crippen LogP contribution in [-0.4, -0.2) is 52.0 Å². The van der Waals surface area contributed by atoms with Gasteiger partial charge < -0.3 is 31.3 Å². The van der Waals surface area contributed by atoms with Crippen molar-refractivity contribution in [2.45, 2.75) is 59.3 Å². The monoisotopic (exact) mass is 446 g/mol. The number of hydrogen-bond acceptors (Lipinski definition) is 11. The lowest BCUT2D eigenvalue weighted by atomic mass is 10.1. The minimum Gasteiger partial charge on any atom is -0.507 e. The van der Waals surface area contributed by atoms with E-state index in [9.17, 15) is 10.2 Å².